The van der Waals surface area contributed by atoms with Crippen LogP contribution in [0.3, 0.4) is 0 Å². The normalized spacial score (nSPS) is 22.1. The van der Waals surface area contributed by atoms with Gasteiger partial charge >= 0.3 is 23.9 Å². The molecule has 1 saturated heterocycles. The molecule has 9 heteroatoms. The van der Waals surface area contributed by atoms with Crippen LogP contribution in [0.1, 0.15) is 130 Å². The summed E-state index contributed by atoms with van der Waals surface area (Å²) in [5.41, 5.74) is 0. The largest absolute Gasteiger partial charge is 0.454 e. The van der Waals surface area contributed by atoms with Crippen LogP contribution in [0.25, 0.3) is 0 Å². The van der Waals surface area contributed by atoms with Gasteiger partial charge in [-0.2, -0.15) is 0 Å². The molecule has 0 spiro atoms. The monoisotopic (exact) mass is 566 g/mol. The molecule has 1 fully saturated rings. The summed E-state index contributed by atoms with van der Waals surface area (Å²) in [6, 6.07) is 0. The number of hydrogen-bond donors (Lipinski definition) is 0. The fourth-order valence-corrected chi connectivity index (χ4v) is 4.33. The Hall–Kier alpha value is -2.60. The molecule has 9 nitrogen and oxygen atoms in total. The van der Waals surface area contributed by atoms with Crippen LogP contribution in [0.4, 0.5) is 0 Å². The molecule has 0 aromatic rings. The standard InChI is InChI=1S/C31H50O9/c1-6-11-15-19-24(32)37-28-23(10-5)36-31(40-27(35)22-18-14-9-4)30(39-26(34)21-17-13-8-3)29(28)38-25(33)20-16-12-7-2/h5,23,28-31H,6-9,11-22H2,1-4H3/t23-,28+,29+,30-,31-/m0/s1. The van der Waals surface area contributed by atoms with E-state index in [1.54, 1.807) is 0 Å². The van der Waals surface area contributed by atoms with Crippen LogP contribution >= 0.6 is 0 Å². The summed E-state index contributed by atoms with van der Waals surface area (Å²) in [5.74, 6) is 0.235. The SMILES string of the molecule is C#C[C@@H]1O[C@@H](OC(=O)CCCCC)[C@@H](OC(=O)CCCCC)[C@H](OC(=O)CCCCC)[C@@H]1OC(=O)CCCCC. The van der Waals surface area contributed by atoms with E-state index in [9.17, 15) is 19.2 Å². The second-order valence-electron chi connectivity index (χ2n) is 10.3. The molecule has 0 saturated carbocycles. The number of carbonyl (C=O) groups is 4. The van der Waals surface area contributed by atoms with Crippen molar-refractivity contribution in [2.75, 3.05) is 0 Å². The van der Waals surface area contributed by atoms with Gasteiger partial charge in [-0.25, -0.2) is 0 Å². The molecule has 0 radical (unpaired) electrons. The Morgan fingerprint density at radius 1 is 0.550 bits per heavy atom. The summed E-state index contributed by atoms with van der Waals surface area (Å²) in [4.78, 5) is 51.0. The minimum absolute atomic E-state index is 0.124. The molecule has 1 heterocycles. The van der Waals surface area contributed by atoms with Gasteiger partial charge in [0.25, 0.3) is 0 Å². The molecule has 0 aromatic carbocycles. The van der Waals surface area contributed by atoms with Gasteiger partial charge in [0.1, 0.15) is 0 Å². The second-order valence-corrected chi connectivity index (χ2v) is 10.3. The zero-order valence-electron chi connectivity index (χ0n) is 25.0. The molecule has 0 N–H and O–H groups in total. The Balaban J connectivity index is 3.30. The molecule has 1 rings (SSSR count). The van der Waals surface area contributed by atoms with Gasteiger partial charge in [-0.15, -0.1) is 6.42 Å². The average molecular weight is 567 g/mol. The van der Waals surface area contributed by atoms with Crippen molar-refractivity contribution in [1.82, 2.24) is 0 Å². The Morgan fingerprint density at radius 2 is 0.900 bits per heavy atom. The Labute approximate surface area is 240 Å². The van der Waals surface area contributed by atoms with E-state index in [1.807, 2.05) is 27.7 Å². The molecule has 1 aliphatic rings. The molecule has 0 amide bonds. The highest BCUT2D eigenvalue weighted by atomic mass is 16.7. The van der Waals surface area contributed by atoms with E-state index in [4.69, 9.17) is 30.1 Å². The number of rotatable bonds is 20. The van der Waals surface area contributed by atoms with E-state index < -0.39 is 54.6 Å². The van der Waals surface area contributed by atoms with Gasteiger partial charge in [0.15, 0.2) is 18.3 Å². The van der Waals surface area contributed by atoms with Crippen LogP contribution < -0.4 is 0 Å². The second kappa shape index (κ2) is 21.2. The van der Waals surface area contributed by atoms with Gasteiger partial charge in [0, 0.05) is 25.7 Å². The van der Waals surface area contributed by atoms with E-state index >= 15 is 0 Å². The predicted molar refractivity (Wildman–Crippen MR) is 150 cm³/mol. The number of ether oxygens (including phenoxy) is 5. The molecule has 0 aliphatic carbocycles. The summed E-state index contributed by atoms with van der Waals surface area (Å²) in [6.45, 7) is 8.07. The van der Waals surface area contributed by atoms with Crippen molar-refractivity contribution in [3.05, 3.63) is 0 Å². The van der Waals surface area contributed by atoms with Gasteiger partial charge in [-0.3, -0.25) is 19.2 Å². The number of esters is 4. The number of hydrogen-bond acceptors (Lipinski definition) is 9. The topological polar surface area (TPSA) is 114 Å². The summed E-state index contributed by atoms with van der Waals surface area (Å²) in [7, 11) is 0. The molecule has 0 bridgehead atoms. The van der Waals surface area contributed by atoms with Gasteiger partial charge in [0.2, 0.25) is 12.4 Å². The Bertz CT molecular complexity index is 803. The number of terminal acetylenes is 1. The summed E-state index contributed by atoms with van der Waals surface area (Å²) >= 11 is 0. The van der Waals surface area contributed by atoms with Crippen molar-refractivity contribution in [3.8, 4) is 12.3 Å². The molecule has 40 heavy (non-hydrogen) atoms. The third-order valence-electron chi connectivity index (χ3n) is 6.65. The quantitative estimate of drug-likeness (QED) is 0.0764. The van der Waals surface area contributed by atoms with Crippen LogP contribution in [-0.4, -0.2) is 54.6 Å². The van der Waals surface area contributed by atoms with E-state index in [1.165, 1.54) is 0 Å². The third-order valence-corrected chi connectivity index (χ3v) is 6.65. The summed E-state index contributed by atoms with van der Waals surface area (Å²) < 4.78 is 28.7. The van der Waals surface area contributed by atoms with E-state index in [-0.39, 0.29) is 25.7 Å². The van der Waals surface area contributed by atoms with Gasteiger partial charge in [-0.1, -0.05) is 85.0 Å². The first-order chi connectivity index (χ1) is 19.3. The van der Waals surface area contributed by atoms with Crippen LogP contribution in [0.15, 0.2) is 0 Å². The summed E-state index contributed by atoms with van der Waals surface area (Å²) in [5, 5.41) is 0. The van der Waals surface area contributed by atoms with Gasteiger partial charge in [-0.05, 0) is 25.7 Å². The molecule has 0 unspecified atom stereocenters. The minimum atomic E-state index is -1.42. The van der Waals surface area contributed by atoms with Crippen molar-refractivity contribution >= 4 is 23.9 Å². The fraction of sp³-hybridized carbons (Fsp3) is 0.806. The van der Waals surface area contributed by atoms with Gasteiger partial charge < -0.3 is 23.7 Å². The first-order valence-corrected chi connectivity index (χ1v) is 15.2. The molecule has 0 aromatic heterocycles. The fourth-order valence-electron chi connectivity index (χ4n) is 4.33. The first kappa shape index (κ1) is 35.4. The van der Waals surface area contributed by atoms with Crippen molar-refractivity contribution in [1.29, 1.82) is 0 Å². The van der Waals surface area contributed by atoms with Crippen molar-refractivity contribution in [2.24, 2.45) is 0 Å². The summed E-state index contributed by atoms with van der Waals surface area (Å²) in [6.07, 6.45) is 9.27. The number of unbranched alkanes of at least 4 members (excludes halogenated alkanes) is 8. The van der Waals surface area contributed by atoms with E-state index in [2.05, 4.69) is 5.92 Å². The van der Waals surface area contributed by atoms with Crippen LogP contribution in [-0.2, 0) is 42.9 Å². The van der Waals surface area contributed by atoms with Gasteiger partial charge in [0.05, 0.1) is 0 Å². The lowest BCUT2D eigenvalue weighted by atomic mass is 9.97. The average Bonchev–Trinajstić information content (AvgIpc) is 2.92. The lowest BCUT2D eigenvalue weighted by Gasteiger charge is -2.42. The maximum Gasteiger partial charge on any atom is 0.308 e. The Morgan fingerprint density at radius 3 is 1.27 bits per heavy atom. The van der Waals surface area contributed by atoms with E-state index in [0.717, 1.165) is 51.4 Å². The van der Waals surface area contributed by atoms with Crippen molar-refractivity contribution < 1.29 is 42.9 Å². The number of carbonyl (C=O) groups excluding carboxylic acids is 4. The lowest BCUT2D eigenvalue weighted by molar-refractivity contribution is -0.288. The molecule has 228 valence electrons. The smallest absolute Gasteiger partial charge is 0.308 e. The Kier molecular flexibility index (Phi) is 18.8. The predicted octanol–water partition coefficient (Wildman–Crippen LogP) is 5.94. The zero-order chi connectivity index (χ0) is 29.8. The molecule has 1 aliphatic heterocycles. The highest BCUT2D eigenvalue weighted by molar-refractivity contribution is 5.72. The first-order valence-electron chi connectivity index (χ1n) is 15.2. The van der Waals surface area contributed by atoms with Crippen LogP contribution in [0, 0.1) is 12.3 Å². The highest BCUT2D eigenvalue weighted by Gasteiger charge is 2.53. The van der Waals surface area contributed by atoms with E-state index in [0.29, 0.717) is 25.7 Å². The zero-order valence-corrected chi connectivity index (χ0v) is 25.0. The maximum atomic E-state index is 12.9. The lowest BCUT2D eigenvalue weighted by Crippen LogP contribution is -2.62. The minimum Gasteiger partial charge on any atom is -0.454 e. The molecular weight excluding hydrogens is 516 g/mol. The van der Waals surface area contributed by atoms with Crippen LogP contribution in [0.5, 0.6) is 0 Å². The van der Waals surface area contributed by atoms with Crippen LogP contribution in [0.2, 0.25) is 0 Å². The molecule has 5 atom stereocenters. The van der Waals surface area contributed by atoms with Crippen molar-refractivity contribution in [3.63, 3.8) is 0 Å². The highest BCUT2D eigenvalue weighted by Crippen LogP contribution is 2.31. The van der Waals surface area contributed by atoms with Crippen molar-refractivity contribution in [2.45, 2.75) is 161 Å². The third kappa shape index (κ3) is 13.6. The molecular formula is C31H50O9. The maximum absolute atomic E-state index is 12.9.